The Morgan fingerprint density at radius 3 is 2.28 bits per heavy atom. The normalized spacial score (nSPS) is 11.8. The Kier molecular flexibility index (Phi) is 7.92. The van der Waals surface area contributed by atoms with E-state index >= 15 is 0 Å². The number of aliphatic carboxylic acids is 1. The van der Waals surface area contributed by atoms with Crippen LogP contribution in [0.5, 0.6) is 5.75 Å². The smallest absolute Gasteiger partial charge is 0.326 e. The number of aryl methyl sites for hydroxylation is 1. The fourth-order valence-corrected chi connectivity index (χ4v) is 5.55. The van der Waals surface area contributed by atoms with Gasteiger partial charge in [0.05, 0.1) is 6.61 Å². The van der Waals surface area contributed by atoms with Crippen LogP contribution in [0, 0.1) is 6.92 Å². The Hall–Kier alpha value is -5.36. The van der Waals surface area contributed by atoms with Crippen molar-refractivity contribution >= 4 is 39.2 Å². The number of aromatic nitrogens is 1. The zero-order chi connectivity index (χ0) is 29.8. The van der Waals surface area contributed by atoms with E-state index in [1.54, 1.807) is 30.3 Å². The lowest BCUT2D eigenvalue weighted by Gasteiger charge is -2.19. The third-order valence-corrected chi connectivity index (χ3v) is 7.82. The number of anilines is 1. The molecular formula is C37H32N2O4. The zero-order valence-corrected chi connectivity index (χ0v) is 23.8. The number of benzene rings is 5. The highest BCUT2D eigenvalue weighted by atomic mass is 16.5. The molecule has 0 aliphatic rings. The predicted octanol–water partition coefficient (Wildman–Crippen LogP) is 7.59. The van der Waals surface area contributed by atoms with Gasteiger partial charge in [-0.15, -0.1) is 0 Å². The molecule has 0 radical (unpaired) electrons. The maximum absolute atomic E-state index is 13.3. The van der Waals surface area contributed by atoms with Crippen molar-refractivity contribution < 1.29 is 19.4 Å². The lowest BCUT2D eigenvalue weighted by Crippen LogP contribution is -2.32. The van der Waals surface area contributed by atoms with Gasteiger partial charge in [-0.3, -0.25) is 4.79 Å². The van der Waals surface area contributed by atoms with Gasteiger partial charge in [-0.05, 0) is 53.9 Å². The minimum atomic E-state index is -0.996. The van der Waals surface area contributed by atoms with Gasteiger partial charge in [-0.2, -0.15) is 0 Å². The van der Waals surface area contributed by atoms with Crippen LogP contribution in [0.1, 0.15) is 32.6 Å². The molecule has 0 amide bonds. The lowest BCUT2D eigenvalue weighted by atomic mass is 9.97. The first-order valence-electron chi connectivity index (χ1n) is 14.4. The summed E-state index contributed by atoms with van der Waals surface area (Å²) >= 11 is 0. The average Bonchev–Trinajstić information content (AvgIpc) is 3.41. The van der Waals surface area contributed by atoms with Gasteiger partial charge in [0.1, 0.15) is 11.8 Å². The number of carboxylic acids is 1. The van der Waals surface area contributed by atoms with Crippen molar-refractivity contribution in [2.24, 2.45) is 0 Å². The first-order chi connectivity index (χ1) is 21.0. The van der Waals surface area contributed by atoms with Crippen LogP contribution in [-0.2, 0) is 17.6 Å². The van der Waals surface area contributed by atoms with E-state index in [9.17, 15) is 14.7 Å². The Balaban J connectivity index is 1.10. The summed E-state index contributed by atoms with van der Waals surface area (Å²) < 4.78 is 6.05. The van der Waals surface area contributed by atoms with Crippen molar-refractivity contribution in [1.29, 1.82) is 0 Å². The lowest BCUT2D eigenvalue weighted by molar-refractivity contribution is -0.137. The van der Waals surface area contributed by atoms with Crippen LogP contribution in [0.2, 0.25) is 0 Å². The molecule has 0 aliphatic heterocycles. The second-order valence-corrected chi connectivity index (χ2v) is 10.7. The maximum atomic E-state index is 13.3. The molecule has 0 fully saturated rings. The van der Waals surface area contributed by atoms with Crippen LogP contribution < -0.4 is 10.1 Å². The largest absolute Gasteiger partial charge is 0.493 e. The van der Waals surface area contributed by atoms with Gasteiger partial charge in [0.25, 0.3) is 0 Å². The van der Waals surface area contributed by atoms with E-state index in [2.05, 4.69) is 46.7 Å². The summed E-state index contributed by atoms with van der Waals surface area (Å²) in [6, 6.07) is 35.7. The minimum Gasteiger partial charge on any atom is -0.493 e. The maximum Gasteiger partial charge on any atom is 0.326 e. The molecule has 1 heterocycles. The molecule has 0 saturated carbocycles. The first-order valence-corrected chi connectivity index (χ1v) is 14.4. The first kappa shape index (κ1) is 27.8. The number of carbonyl (C=O) groups excluding carboxylic acids is 1. The van der Waals surface area contributed by atoms with Gasteiger partial charge < -0.3 is 20.1 Å². The SMILES string of the molecule is Cc1ccccc1C(=O)c1ccccc1NC(Cc1ccc(OCCc2cccc3c2[nH]c2ccccc23)cc1)C(=O)O. The molecule has 6 heteroatoms. The number of hydrogen-bond acceptors (Lipinski definition) is 4. The van der Waals surface area contributed by atoms with Crippen LogP contribution in [0.25, 0.3) is 21.8 Å². The van der Waals surface area contributed by atoms with Crippen molar-refractivity contribution in [2.75, 3.05) is 11.9 Å². The number of carbonyl (C=O) groups is 2. The Morgan fingerprint density at radius 1 is 0.791 bits per heavy atom. The van der Waals surface area contributed by atoms with Crippen molar-refractivity contribution in [3.8, 4) is 5.75 Å². The number of fused-ring (bicyclic) bond motifs is 3. The van der Waals surface area contributed by atoms with Crippen LogP contribution in [0.3, 0.4) is 0 Å². The fraction of sp³-hybridized carbons (Fsp3) is 0.135. The highest BCUT2D eigenvalue weighted by molar-refractivity contribution is 6.13. The summed E-state index contributed by atoms with van der Waals surface area (Å²) in [5.74, 6) is -0.418. The van der Waals surface area contributed by atoms with E-state index in [0.717, 1.165) is 34.3 Å². The summed E-state index contributed by atoms with van der Waals surface area (Å²) in [4.78, 5) is 29.1. The second-order valence-electron chi connectivity index (χ2n) is 10.7. The number of ketones is 1. The van der Waals surface area contributed by atoms with Crippen LogP contribution in [-0.4, -0.2) is 34.5 Å². The van der Waals surface area contributed by atoms with E-state index < -0.39 is 12.0 Å². The highest BCUT2D eigenvalue weighted by Crippen LogP contribution is 2.28. The Bertz CT molecular complexity index is 1920. The van der Waals surface area contributed by atoms with Gasteiger partial charge in [0, 0.05) is 51.5 Å². The van der Waals surface area contributed by atoms with Crippen LogP contribution in [0.15, 0.2) is 115 Å². The van der Waals surface area contributed by atoms with Gasteiger partial charge in [0.2, 0.25) is 0 Å². The molecule has 6 nitrogen and oxygen atoms in total. The number of rotatable bonds is 11. The number of para-hydroxylation sites is 3. The summed E-state index contributed by atoms with van der Waals surface area (Å²) in [5.41, 5.74) is 6.70. The number of ether oxygens (including phenoxy) is 1. The molecule has 1 unspecified atom stereocenters. The van der Waals surface area contributed by atoms with Crippen molar-refractivity contribution in [2.45, 2.75) is 25.8 Å². The minimum absolute atomic E-state index is 0.146. The van der Waals surface area contributed by atoms with Crippen molar-refractivity contribution in [1.82, 2.24) is 4.98 Å². The van der Waals surface area contributed by atoms with E-state index in [-0.39, 0.29) is 12.2 Å². The number of carboxylic acid groups (broad SMARTS) is 1. The molecular weight excluding hydrogens is 536 g/mol. The van der Waals surface area contributed by atoms with E-state index in [4.69, 9.17) is 4.74 Å². The zero-order valence-electron chi connectivity index (χ0n) is 23.8. The molecule has 6 rings (SSSR count). The molecule has 0 saturated heterocycles. The molecule has 43 heavy (non-hydrogen) atoms. The molecule has 6 aromatic rings. The van der Waals surface area contributed by atoms with Gasteiger partial charge in [0.15, 0.2) is 5.78 Å². The number of hydrogen-bond donors (Lipinski definition) is 3. The number of H-pyrrole nitrogens is 1. The average molecular weight is 569 g/mol. The molecule has 1 atom stereocenters. The van der Waals surface area contributed by atoms with E-state index in [1.165, 1.54) is 16.3 Å². The number of aromatic amines is 1. The van der Waals surface area contributed by atoms with Gasteiger partial charge in [-0.1, -0.05) is 84.9 Å². The summed E-state index contributed by atoms with van der Waals surface area (Å²) in [6.07, 6.45) is 0.989. The fourth-order valence-electron chi connectivity index (χ4n) is 5.55. The molecule has 5 aromatic carbocycles. The Labute approximate surface area is 250 Å². The summed E-state index contributed by atoms with van der Waals surface area (Å²) in [7, 11) is 0. The summed E-state index contributed by atoms with van der Waals surface area (Å²) in [6.45, 7) is 2.40. The van der Waals surface area contributed by atoms with Crippen molar-refractivity contribution in [3.05, 3.63) is 143 Å². The monoisotopic (exact) mass is 568 g/mol. The molecule has 0 aliphatic carbocycles. The molecule has 3 N–H and O–H groups in total. The summed E-state index contributed by atoms with van der Waals surface area (Å²) in [5, 5.41) is 15.5. The van der Waals surface area contributed by atoms with Gasteiger partial charge in [-0.25, -0.2) is 4.79 Å². The molecule has 0 spiro atoms. The second kappa shape index (κ2) is 12.2. The quantitative estimate of drug-likeness (QED) is 0.140. The van der Waals surface area contributed by atoms with Crippen LogP contribution >= 0.6 is 0 Å². The third kappa shape index (κ3) is 5.99. The van der Waals surface area contributed by atoms with E-state index in [0.29, 0.717) is 23.4 Å². The topological polar surface area (TPSA) is 91.4 Å². The van der Waals surface area contributed by atoms with Gasteiger partial charge >= 0.3 is 5.97 Å². The Morgan fingerprint density at radius 2 is 1.49 bits per heavy atom. The van der Waals surface area contributed by atoms with Crippen molar-refractivity contribution in [3.63, 3.8) is 0 Å². The molecule has 214 valence electrons. The van der Waals surface area contributed by atoms with E-state index in [1.807, 2.05) is 55.5 Å². The molecule has 1 aromatic heterocycles. The third-order valence-electron chi connectivity index (χ3n) is 7.82. The van der Waals surface area contributed by atoms with Crippen LogP contribution in [0.4, 0.5) is 5.69 Å². The standard InChI is InChI=1S/C37H32N2O4/c1-24-9-2-3-11-28(24)36(40)31-13-5-7-16-33(31)38-34(37(41)42)23-25-17-19-27(20-18-25)43-22-21-26-10-8-14-30-29-12-4-6-15-32(29)39-35(26)30/h2-20,34,38-39H,21-23H2,1H3,(H,41,42). The predicted molar refractivity (Wildman–Crippen MR) is 171 cm³/mol. The number of nitrogens with one attached hydrogen (secondary N) is 2. The highest BCUT2D eigenvalue weighted by Gasteiger charge is 2.22. The molecule has 0 bridgehead atoms.